The van der Waals surface area contributed by atoms with Gasteiger partial charge in [-0.25, -0.2) is 4.39 Å². The van der Waals surface area contributed by atoms with Crippen molar-refractivity contribution in [3.05, 3.63) is 28.5 Å². The molecule has 1 aromatic rings. The van der Waals surface area contributed by atoms with E-state index >= 15 is 0 Å². The van der Waals surface area contributed by atoms with Crippen LogP contribution in [0.15, 0.2) is 22.7 Å². The molecule has 0 unspecified atom stereocenters. The number of fused-ring (bicyclic) bond motifs is 2. The Kier molecular flexibility index (Phi) is 3.11. The molecule has 1 amide bonds. The van der Waals surface area contributed by atoms with Crippen LogP contribution in [-0.4, -0.2) is 18.1 Å². The van der Waals surface area contributed by atoms with E-state index in [4.69, 9.17) is 4.74 Å². The number of rotatable bonds is 2. The van der Waals surface area contributed by atoms with E-state index in [1.165, 1.54) is 6.07 Å². The van der Waals surface area contributed by atoms with Crippen molar-refractivity contribution in [2.24, 2.45) is 5.92 Å². The molecule has 0 aromatic heterocycles. The number of benzene rings is 1. The van der Waals surface area contributed by atoms with Gasteiger partial charge in [0.15, 0.2) is 0 Å². The second-order valence-electron chi connectivity index (χ2n) is 4.80. The molecule has 5 heteroatoms. The lowest BCUT2D eigenvalue weighted by atomic mass is 9.88. The lowest BCUT2D eigenvalue weighted by Gasteiger charge is -2.18. The molecule has 18 heavy (non-hydrogen) atoms. The normalized spacial score (nSPS) is 29.6. The number of nitrogens with one attached hydrogen (secondary N) is 1. The molecule has 3 nitrogen and oxygen atoms in total. The van der Waals surface area contributed by atoms with Gasteiger partial charge in [0, 0.05) is 4.47 Å². The quantitative estimate of drug-likeness (QED) is 0.911. The zero-order valence-electron chi connectivity index (χ0n) is 9.66. The highest BCUT2D eigenvalue weighted by molar-refractivity contribution is 9.10. The van der Waals surface area contributed by atoms with Crippen molar-refractivity contribution in [2.45, 2.75) is 31.5 Å². The minimum atomic E-state index is -0.429. The smallest absolute Gasteiger partial charge is 0.230 e. The highest BCUT2D eigenvalue weighted by atomic mass is 79.9. The Morgan fingerprint density at radius 2 is 2.28 bits per heavy atom. The Hall–Kier alpha value is -0.940. The molecule has 2 heterocycles. The van der Waals surface area contributed by atoms with E-state index in [0.717, 1.165) is 19.3 Å². The number of anilines is 1. The molecule has 0 aliphatic carbocycles. The van der Waals surface area contributed by atoms with Crippen molar-refractivity contribution in [3.63, 3.8) is 0 Å². The first kappa shape index (κ1) is 12.1. The van der Waals surface area contributed by atoms with Crippen LogP contribution in [0.25, 0.3) is 0 Å². The van der Waals surface area contributed by atoms with Gasteiger partial charge in [0.05, 0.1) is 23.8 Å². The molecule has 3 rings (SSSR count). The molecule has 3 atom stereocenters. The first-order valence-electron chi connectivity index (χ1n) is 6.05. The summed E-state index contributed by atoms with van der Waals surface area (Å²) in [5.74, 6) is -0.718. The topological polar surface area (TPSA) is 38.3 Å². The first-order chi connectivity index (χ1) is 8.65. The van der Waals surface area contributed by atoms with E-state index in [0.29, 0.717) is 4.47 Å². The molecular weight excluding hydrogens is 301 g/mol. The number of amides is 1. The maximum atomic E-state index is 13.6. The third-order valence-corrected chi connectivity index (χ3v) is 4.31. The van der Waals surface area contributed by atoms with E-state index in [-0.39, 0.29) is 29.7 Å². The maximum absolute atomic E-state index is 13.6. The molecule has 2 bridgehead atoms. The van der Waals surface area contributed by atoms with E-state index in [2.05, 4.69) is 21.2 Å². The number of hydrogen-bond donors (Lipinski definition) is 1. The van der Waals surface area contributed by atoms with Crippen LogP contribution in [0.3, 0.4) is 0 Å². The number of carbonyl (C=O) groups excluding carboxylic acids is 1. The SMILES string of the molecule is O=C(Nc1c(F)cccc1Br)[C@H]1C[C@@H]2CC[C@@H]1O2. The lowest BCUT2D eigenvalue weighted by molar-refractivity contribution is -0.121. The van der Waals surface area contributed by atoms with Gasteiger partial charge in [0.25, 0.3) is 0 Å². The number of hydrogen-bond acceptors (Lipinski definition) is 2. The monoisotopic (exact) mass is 313 g/mol. The summed E-state index contributed by atoms with van der Waals surface area (Å²) in [6, 6.07) is 4.63. The van der Waals surface area contributed by atoms with Crippen molar-refractivity contribution in [3.8, 4) is 0 Å². The molecular formula is C13H13BrFNO2. The summed E-state index contributed by atoms with van der Waals surface area (Å²) in [5.41, 5.74) is 0.213. The summed E-state index contributed by atoms with van der Waals surface area (Å²) in [6.45, 7) is 0. The van der Waals surface area contributed by atoms with Gasteiger partial charge >= 0.3 is 0 Å². The van der Waals surface area contributed by atoms with Gasteiger partial charge in [0.1, 0.15) is 5.82 Å². The van der Waals surface area contributed by atoms with Gasteiger partial charge in [-0.1, -0.05) is 6.07 Å². The van der Waals surface area contributed by atoms with Gasteiger partial charge in [-0.3, -0.25) is 4.79 Å². The third-order valence-electron chi connectivity index (χ3n) is 3.65. The summed E-state index contributed by atoms with van der Waals surface area (Å²) >= 11 is 3.24. The van der Waals surface area contributed by atoms with Gasteiger partial charge < -0.3 is 10.1 Å². The average Bonchev–Trinajstić information content (AvgIpc) is 2.96. The number of carbonyl (C=O) groups is 1. The molecule has 2 aliphatic rings. The third kappa shape index (κ3) is 2.06. The van der Waals surface area contributed by atoms with Crippen molar-refractivity contribution in [1.29, 1.82) is 0 Å². The molecule has 96 valence electrons. The highest BCUT2D eigenvalue weighted by Gasteiger charge is 2.44. The fourth-order valence-electron chi connectivity index (χ4n) is 2.75. The fourth-order valence-corrected chi connectivity index (χ4v) is 3.19. The maximum Gasteiger partial charge on any atom is 0.230 e. The Labute approximate surface area is 113 Å². The molecule has 0 radical (unpaired) electrons. The molecule has 0 spiro atoms. The zero-order chi connectivity index (χ0) is 12.7. The van der Waals surface area contributed by atoms with Gasteiger partial charge in [0.2, 0.25) is 5.91 Å². The number of halogens is 2. The fraction of sp³-hybridized carbons (Fsp3) is 0.462. The average molecular weight is 314 g/mol. The highest BCUT2D eigenvalue weighted by Crippen LogP contribution is 2.39. The van der Waals surface area contributed by atoms with Crippen LogP contribution < -0.4 is 5.32 Å². The molecule has 0 saturated carbocycles. The zero-order valence-corrected chi connectivity index (χ0v) is 11.2. The summed E-state index contributed by atoms with van der Waals surface area (Å²) < 4.78 is 19.8. The minimum absolute atomic E-state index is 0.0144. The van der Waals surface area contributed by atoms with Crippen molar-refractivity contribution in [1.82, 2.24) is 0 Å². The molecule has 1 aromatic carbocycles. The van der Waals surface area contributed by atoms with E-state index in [1.807, 2.05) is 0 Å². The number of para-hydroxylation sites is 1. The van der Waals surface area contributed by atoms with E-state index in [1.54, 1.807) is 12.1 Å². The number of ether oxygens (including phenoxy) is 1. The largest absolute Gasteiger partial charge is 0.374 e. The van der Waals surface area contributed by atoms with E-state index in [9.17, 15) is 9.18 Å². The van der Waals surface area contributed by atoms with Crippen LogP contribution in [0.1, 0.15) is 19.3 Å². The molecule has 1 N–H and O–H groups in total. The first-order valence-corrected chi connectivity index (χ1v) is 6.85. The minimum Gasteiger partial charge on any atom is -0.374 e. The van der Waals surface area contributed by atoms with Gasteiger partial charge in [-0.2, -0.15) is 0 Å². The summed E-state index contributed by atoms with van der Waals surface area (Å²) in [5, 5.41) is 2.66. The Morgan fingerprint density at radius 3 is 2.89 bits per heavy atom. The molecule has 2 aliphatic heterocycles. The Morgan fingerprint density at radius 1 is 1.44 bits per heavy atom. The second-order valence-corrected chi connectivity index (χ2v) is 5.66. The van der Waals surface area contributed by atoms with Crippen LogP contribution in [-0.2, 0) is 9.53 Å². The van der Waals surface area contributed by atoms with Crippen LogP contribution in [0.5, 0.6) is 0 Å². The van der Waals surface area contributed by atoms with Crippen molar-refractivity contribution < 1.29 is 13.9 Å². The van der Waals surface area contributed by atoms with Crippen LogP contribution in [0.4, 0.5) is 10.1 Å². The predicted octanol–water partition coefficient (Wildman–Crippen LogP) is 3.09. The van der Waals surface area contributed by atoms with Crippen molar-refractivity contribution >= 4 is 27.5 Å². The Balaban J connectivity index is 1.75. The van der Waals surface area contributed by atoms with Gasteiger partial charge in [-0.05, 0) is 47.3 Å². The summed E-state index contributed by atoms with van der Waals surface area (Å²) in [4.78, 5) is 12.1. The standard InChI is InChI=1S/C13H13BrFNO2/c14-9-2-1-3-10(15)12(9)16-13(17)8-6-7-4-5-11(8)18-7/h1-3,7-8,11H,4-6H2,(H,16,17)/t7-,8-,11-/m0/s1. The molecule has 2 fully saturated rings. The van der Waals surface area contributed by atoms with Crippen LogP contribution in [0, 0.1) is 11.7 Å². The second kappa shape index (κ2) is 4.63. The van der Waals surface area contributed by atoms with Crippen LogP contribution >= 0.6 is 15.9 Å². The van der Waals surface area contributed by atoms with E-state index < -0.39 is 5.82 Å². The molecule has 2 saturated heterocycles. The van der Waals surface area contributed by atoms with Crippen molar-refractivity contribution in [2.75, 3.05) is 5.32 Å². The predicted molar refractivity (Wildman–Crippen MR) is 68.7 cm³/mol. The summed E-state index contributed by atoms with van der Waals surface area (Å²) in [7, 11) is 0. The lowest BCUT2D eigenvalue weighted by Crippen LogP contribution is -2.30. The van der Waals surface area contributed by atoms with Crippen LogP contribution in [0.2, 0.25) is 0 Å². The van der Waals surface area contributed by atoms with Gasteiger partial charge in [-0.15, -0.1) is 0 Å². The Bertz CT molecular complexity index is 474. The summed E-state index contributed by atoms with van der Waals surface area (Å²) in [6.07, 6.45) is 2.96.